The van der Waals surface area contributed by atoms with E-state index in [-0.39, 0.29) is 5.43 Å². The van der Waals surface area contributed by atoms with Gasteiger partial charge in [-0.3, -0.25) is 4.79 Å². The summed E-state index contributed by atoms with van der Waals surface area (Å²) in [5.41, 5.74) is 1.77. The molecule has 2 nitrogen and oxygen atoms in total. The predicted molar refractivity (Wildman–Crippen MR) is 77.9 cm³/mol. The molecule has 0 amide bonds. The summed E-state index contributed by atoms with van der Waals surface area (Å²) in [7, 11) is 0. The molecular weight excluding hydrogens is 366 g/mol. The van der Waals surface area contributed by atoms with Gasteiger partial charge in [0, 0.05) is 10.5 Å². The summed E-state index contributed by atoms with van der Waals surface area (Å²) in [6, 6.07) is 9.35. The molecule has 5 heteroatoms. The molecule has 0 unspecified atom stereocenters. The van der Waals surface area contributed by atoms with Gasteiger partial charge < -0.3 is 0 Å². The molecule has 17 heavy (non-hydrogen) atoms. The van der Waals surface area contributed by atoms with Gasteiger partial charge in [0.1, 0.15) is 0 Å². The molecule has 0 radical (unpaired) electrons. The second-order valence-electron chi connectivity index (χ2n) is 3.58. The van der Waals surface area contributed by atoms with E-state index < -0.39 is 0 Å². The zero-order valence-electron chi connectivity index (χ0n) is 8.41. The molecule has 1 heterocycles. The average Bonchev–Trinajstić information content (AvgIpc) is 2.28. The molecular formula is C12H5Br2NOS. The number of nitrogens with zero attached hydrogens (tertiary/aromatic N) is 1. The van der Waals surface area contributed by atoms with Gasteiger partial charge >= 0.3 is 0 Å². The van der Waals surface area contributed by atoms with Crippen LogP contribution < -0.4 is 5.43 Å². The first-order valence-corrected chi connectivity index (χ1v) is 7.23. The maximum absolute atomic E-state index is 11.5. The number of benzene rings is 2. The molecule has 84 valence electrons. The first kappa shape index (κ1) is 11.3. The number of aromatic nitrogens is 1. The molecule has 1 aliphatic carbocycles. The Morgan fingerprint density at radius 1 is 1.12 bits per heavy atom. The van der Waals surface area contributed by atoms with Crippen LogP contribution in [0.15, 0.2) is 44.1 Å². The summed E-state index contributed by atoms with van der Waals surface area (Å²) in [5.74, 6) is 0. The van der Waals surface area contributed by atoms with Crippen LogP contribution in [0.1, 0.15) is 0 Å². The topological polar surface area (TPSA) is 30.0 Å². The third kappa shape index (κ3) is 2.03. The fourth-order valence-corrected chi connectivity index (χ4v) is 3.24. The SMILES string of the molecule is O=c1cc2sc3ccc(Br)cc3nc-2cc1Br. The highest BCUT2D eigenvalue weighted by atomic mass is 79.9. The Morgan fingerprint density at radius 3 is 2.76 bits per heavy atom. The molecule has 1 aliphatic heterocycles. The number of hydrogen-bond acceptors (Lipinski definition) is 3. The third-order valence-electron chi connectivity index (χ3n) is 2.40. The lowest BCUT2D eigenvalue weighted by Gasteiger charge is -2.06. The smallest absolute Gasteiger partial charge is 0.194 e. The fraction of sp³-hybridized carbons (Fsp3) is 0. The largest absolute Gasteiger partial charge is 0.289 e. The first-order valence-electron chi connectivity index (χ1n) is 4.83. The van der Waals surface area contributed by atoms with Gasteiger partial charge in [-0.25, -0.2) is 4.98 Å². The summed E-state index contributed by atoms with van der Waals surface area (Å²) in [6.07, 6.45) is 0. The highest BCUT2D eigenvalue weighted by Crippen LogP contribution is 2.31. The second kappa shape index (κ2) is 4.15. The molecule has 0 bridgehead atoms. The normalized spacial score (nSPS) is 11.2. The van der Waals surface area contributed by atoms with Crippen molar-refractivity contribution in [1.82, 2.24) is 4.98 Å². The molecule has 0 saturated carbocycles. The first-order chi connectivity index (χ1) is 8.13. The quantitative estimate of drug-likeness (QED) is 0.552. The molecule has 0 spiro atoms. The highest BCUT2D eigenvalue weighted by molar-refractivity contribution is 9.10. The molecule has 0 saturated heterocycles. The summed E-state index contributed by atoms with van der Waals surface area (Å²) < 4.78 is 2.63. The Kier molecular flexibility index (Phi) is 2.77. The van der Waals surface area contributed by atoms with E-state index in [1.807, 2.05) is 18.2 Å². The maximum atomic E-state index is 11.5. The minimum atomic E-state index is -0.00740. The zero-order chi connectivity index (χ0) is 12.0. The van der Waals surface area contributed by atoms with Crippen LogP contribution in [-0.4, -0.2) is 4.98 Å². The van der Waals surface area contributed by atoms with E-state index in [1.165, 1.54) is 0 Å². The molecule has 1 aromatic rings. The second-order valence-corrected chi connectivity index (χ2v) is 6.43. The molecule has 3 rings (SSSR count). The molecule has 0 atom stereocenters. The molecule has 0 fully saturated rings. The molecule has 2 aliphatic rings. The minimum absolute atomic E-state index is 0.00740. The van der Waals surface area contributed by atoms with Crippen LogP contribution in [0.2, 0.25) is 0 Å². The van der Waals surface area contributed by atoms with E-state index in [9.17, 15) is 4.79 Å². The number of halogens is 2. The van der Waals surface area contributed by atoms with Crippen molar-refractivity contribution in [3.05, 3.63) is 49.5 Å². The van der Waals surface area contributed by atoms with Crippen LogP contribution in [0.4, 0.5) is 0 Å². The van der Waals surface area contributed by atoms with Crippen LogP contribution in [0, 0.1) is 0 Å². The number of fused-ring (bicyclic) bond motifs is 2. The third-order valence-corrected chi connectivity index (χ3v) is 4.62. The van der Waals surface area contributed by atoms with E-state index in [4.69, 9.17) is 0 Å². The molecule has 0 aromatic heterocycles. The van der Waals surface area contributed by atoms with E-state index in [0.29, 0.717) is 4.47 Å². The average molecular weight is 371 g/mol. The van der Waals surface area contributed by atoms with Crippen LogP contribution in [0.25, 0.3) is 20.8 Å². The van der Waals surface area contributed by atoms with Gasteiger partial charge in [0.05, 0.1) is 25.3 Å². The lowest BCUT2D eigenvalue weighted by molar-refractivity contribution is 1.39. The van der Waals surface area contributed by atoms with Crippen LogP contribution >= 0.6 is 43.2 Å². The predicted octanol–water partition coefficient (Wildman–Crippen LogP) is 4.29. The van der Waals surface area contributed by atoms with Gasteiger partial charge in [-0.2, -0.15) is 0 Å². The Labute approximate surface area is 118 Å². The lowest BCUT2D eigenvalue weighted by atomic mass is 10.2. The van der Waals surface area contributed by atoms with Crippen molar-refractivity contribution < 1.29 is 0 Å². The van der Waals surface area contributed by atoms with Crippen LogP contribution in [0.3, 0.4) is 0 Å². The highest BCUT2D eigenvalue weighted by Gasteiger charge is 2.10. The Hall–Kier alpha value is -0.780. The van der Waals surface area contributed by atoms with Gasteiger partial charge in [-0.1, -0.05) is 15.9 Å². The van der Waals surface area contributed by atoms with Crippen molar-refractivity contribution in [2.75, 3.05) is 0 Å². The van der Waals surface area contributed by atoms with Crippen molar-refractivity contribution in [2.24, 2.45) is 0 Å². The van der Waals surface area contributed by atoms with Crippen molar-refractivity contribution in [3.63, 3.8) is 0 Å². The molecule has 1 aromatic carbocycles. The summed E-state index contributed by atoms with van der Waals surface area (Å²) in [6.45, 7) is 0. The summed E-state index contributed by atoms with van der Waals surface area (Å²) >= 11 is 8.24. The number of hydrogen-bond donors (Lipinski definition) is 0. The van der Waals surface area contributed by atoms with Gasteiger partial charge in [-0.15, -0.1) is 11.3 Å². The minimum Gasteiger partial charge on any atom is -0.289 e. The maximum Gasteiger partial charge on any atom is 0.194 e. The Morgan fingerprint density at radius 2 is 1.94 bits per heavy atom. The van der Waals surface area contributed by atoms with E-state index in [2.05, 4.69) is 36.8 Å². The number of rotatable bonds is 0. The molecule has 0 N–H and O–H groups in total. The Bertz CT molecular complexity index is 753. The van der Waals surface area contributed by atoms with E-state index >= 15 is 0 Å². The van der Waals surface area contributed by atoms with Crippen LogP contribution in [-0.2, 0) is 0 Å². The Balaban J connectivity index is 2.45. The fourth-order valence-electron chi connectivity index (χ4n) is 1.61. The van der Waals surface area contributed by atoms with Crippen molar-refractivity contribution >= 4 is 53.4 Å². The van der Waals surface area contributed by atoms with Gasteiger partial charge in [0.15, 0.2) is 5.43 Å². The lowest BCUT2D eigenvalue weighted by Crippen LogP contribution is -2.01. The van der Waals surface area contributed by atoms with Crippen molar-refractivity contribution in [3.8, 4) is 10.6 Å². The van der Waals surface area contributed by atoms with Gasteiger partial charge in [0.2, 0.25) is 0 Å². The monoisotopic (exact) mass is 369 g/mol. The standard InChI is InChI=1S/C12H5Br2NOS/c13-6-1-2-11-8(3-6)15-9-4-7(14)10(16)5-12(9)17-11/h1-5H. The van der Waals surface area contributed by atoms with Gasteiger partial charge in [-0.05, 0) is 40.2 Å². The summed E-state index contributed by atoms with van der Waals surface area (Å²) in [5, 5.41) is 0. The van der Waals surface area contributed by atoms with E-state index in [0.717, 1.165) is 25.3 Å². The zero-order valence-corrected chi connectivity index (χ0v) is 12.4. The van der Waals surface area contributed by atoms with Crippen molar-refractivity contribution in [2.45, 2.75) is 0 Å². The van der Waals surface area contributed by atoms with Crippen molar-refractivity contribution in [1.29, 1.82) is 0 Å². The van der Waals surface area contributed by atoms with E-state index in [1.54, 1.807) is 23.5 Å². The summed E-state index contributed by atoms with van der Waals surface area (Å²) in [4.78, 5) is 17.0. The van der Waals surface area contributed by atoms with Gasteiger partial charge in [0.25, 0.3) is 0 Å². The van der Waals surface area contributed by atoms with Crippen LogP contribution in [0.5, 0.6) is 0 Å².